The van der Waals surface area contributed by atoms with Crippen LogP contribution in [0.3, 0.4) is 0 Å². The minimum Gasteiger partial charge on any atom is -0.467 e. The van der Waals surface area contributed by atoms with Gasteiger partial charge in [0.05, 0.1) is 25.1 Å². The average molecular weight is 497 g/mol. The molecule has 2 aliphatic heterocycles. The van der Waals surface area contributed by atoms with Gasteiger partial charge in [-0.25, -0.2) is 5.01 Å². The van der Waals surface area contributed by atoms with Crippen molar-refractivity contribution < 1.29 is 13.7 Å². The number of rotatable bonds is 7. The van der Waals surface area contributed by atoms with Gasteiger partial charge in [0, 0.05) is 43.5 Å². The zero-order chi connectivity index (χ0) is 24.4. The molecule has 4 heterocycles. The number of carbonyl (C=O) groups is 1. The standard InChI is InChI=1S/C25H29ClN6O3/c1-17(2)25-27-23(35-29-25)15-30-9-11-31(12-10-30)16-24(33)32-21(22-4-3-13-34-22)14-20(28-32)18-5-7-19(26)8-6-18/h3-8,13,17,21H,9-12,14-16H2,1-2H3. The van der Waals surface area contributed by atoms with Gasteiger partial charge in [0.2, 0.25) is 5.89 Å². The van der Waals surface area contributed by atoms with Gasteiger partial charge in [-0.15, -0.1) is 0 Å². The number of hydrogen-bond donors (Lipinski definition) is 0. The Bertz CT molecular complexity index is 1170. The van der Waals surface area contributed by atoms with Gasteiger partial charge in [-0.05, 0) is 29.8 Å². The van der Waals surface area contributed by atoms with E-state index in [1.54, 1.807) is 11.3 Å². The summed E-state index contributed by atoms with van der Waals surface area (Å²) in [4.78, 5) is 22.3. The van der Waals surface area contributed by atoms with E-state index in [0.29, 0.717) is 30.4 Å². The summed E-state index contributed by atoms with van der Waals surface area (Å²) < 4.78 is 11.0. The maximum absolute atomic E-state index is 13.4. The summed E-state index contributed by atoms with van der Waals surface area (Å²) in [5.74, 6) is 2.31. The summed E-state index contributed by atoms with van der Waals surface area (Å²) in [6.45, 7) is 8.24. The highest BCUT2D eigenvalue weighted by Gasteiger charge is 2.35. The highest BCUT2D eigenvalue weighted by atomic mass is 35.5. The summed E-state index contributed by atoms with van der Waals surface area (Å²) in [5, 5.41) is 11.0. The average Bonchev–Trinajstić information content (AvgIpc) is 3.61. The lowest BCUT2D eigenvalue weighted by Gasteiger charge is -2.34. The highest BCUT2D eigenvalue weighted by Crippen LogP contribution is 2.33. The van der Waals surface area contributed by atoms with Gasteiger partial charge in [-0.2, -0.15) is 10.1 Å². The molecule has 2 aliphatic rings. The molecule has 9 nitrogen and oxygen atoms in total. The molecule has 1 unspecified atom stereocenters. The van der Waals surface area contributed by atoms with Crippen LogP contribution in [-0.2, 0) is 11.3 Å². The van der Waals surface area contributed by atoms with Crippen molar-refractivity contribution >= 4 is 23.2 Å². The molecule has 184 valence electrons. The molecule has 1 fully saturated rings. The number of hydrogen-bond acceptors (Lipinski definition) is 8. The van der Waals surface area contributed by atoms with Crippen LogP contribution in [0.4, 0.5) is 0 Å². The van der Waals surface area contributed by atoms with Crippen LogP contribution >= 0.6 is 11.6 Å². The fourth-order valence-corrected chi connectivity index (χ4v) is 4.51. The summed E-state index contributed by atoms with van der Waals surface area (Å²) in [6, 6.07) is 11.0. The predicted molar refractivity (Wildman–Crippen MR) is 131 cm³/mol. The number of benzene rings is 1. The van der Waals surface area contributed by atoms with E-state index >= 15 is 0 Å². The first-order valence-corrected chi connectivity index (χ1v) is 12.3. The van der Waals surface area contributed by atoms with Crippen LogP contribution in [0.25, 0.3) is 0 Å². The normalized spacial score (nSPS) is 19.5. The Morgan fingerprint density at radius 3 is 2.51 bits per heavy atom. The molecule has 0 N–H and O–H groups in total. The van der Waals surface area contributed by atoms with E-state index in [-0.39, 0.29) is 17.9 Å². The minimum atomic E-state index is -0.253. The third kappa shape index (κ3) is 5.47. The van der Waals surface area contributed by atoms with Crippen molar-refractivity contribution in [2.75, 3.05) is 32.7 Å². The molecular formula is C25H29ClN6O3. The second-order valence-corrected chi connectivity index (χ2v) is 9.72. The van der Waals surface area contributed by atoms with Gasteiger partial charge in [0.25, 0.3) is 5.91 Å². The van der Waals surface area contributed by atoms with Crippen molar-refractivity contribution in [1.29, 1.82) is 0 Å². The molecule has 1 amide bonds. The Balaban J connectivity index is 1.21. The molecule has 0 radical (unpaired) electrons. The molecule has 2 aromatic heterocycles. The van der Waals surface area contributed by atoms with E-state index < -0.39 is 0 Å². The second kappa shape index (κ2) is 10.3. The number of halogens is 1. The Kier molecular flexibility index (Phi) is 6.99. The molecule has 1 saturated heterocycles. The van der Waals surface area contributed by atoms with Crippen LogP contribution in [0.2, 0.25) is 5.02 Å². The van der Waals surface area contributed by atoms with E-state index in [4.69, 9.17) is 25.6 Å². The van der Waals surface area contributed by atoms with Crippen LogP contribution in [0, 0.1) is 0 Å². The molecule has 1 atom stereocenters. The fourth-order valence-electron chi connectivity index (χ4n) is 4.39. The zero-order valence-corrected chi connectivity index (χ0v) is 20.7. The molecule has 0 spiro atoms. The molecule has 0 bridgehead atoms. The van der Waals surface area contributed by atoms with E-state index in [1.807, 2.05) is 50.2 Å². The third-order valence-electron chi connectivity index (χ3n) is 6.40. The Labute approximate surface area is 209 Å². The molecule has 0 aliphatic carbocycles. The minimum absolute atomic E-state index is 0.0395. The third-order valence-corrected chi connectivity index (χ3v) is 6.65. The summed E-state index contributed by atoms with van der Waals surface area (Å²) in [7, 11) is 0. The van der Waals surface area contributed by atoms with Crippen molar-refractivity contribution in [2.45, 2.75) is 38.8 Å². The Morgan fingerprint density at radius 2 is 1.86 bits per heavy atom. The maximum atomic E-state index is 13.4. The van der Waals surface area contributed by atoms with Crippen LogP contribution in [0.1, 0.15) is 55.3 Å². The first-order valence-electron chi connectivity index (χ1n) is 11.9. The predicted octanol–water partition coefficient (Wildman–Crippen LogP) is 3.93. The molecule has 5 rings (SSSR count). The van der Waals surface area contributed by atoms with Gasteiger partial charge in [-0.3, -0.25) is 14.6 Å². The van der Waals surface area contributed by atoms with Crippen LogP contribution in [0.5, 0.6) is 0 Å². The van der Waals surface area contributed by atoms with Crippen molar-refractivity contribution in [3.63, 3.8) is 0 Å². The number of nitrogens with zero attached hydrogens (tertiary/aromatic N) is 6. The zero-order valence-electron chi connectivity index (χ0n) is 19.9. The lowest BCUT2D eigenvalue weighted by molar-refractivity contribution is -0.135. The van der Waals surface area contributed by atoms with E-state index in [9.17, 15) is 4.79 Å². The molecular weight excluding hydrogens is 468 g/mol. The smallest absolute Gasteiger partial charge is 0.257 e. The topological polar surface area (TPSA) is 91.2 Å². The van der Waals surface area contributed by atoms with Crippen molar-refractivity contribution in [1.82, 2.24) is 24.9 Å². The monoisotopic (exact) mass is 496 g/mol. The van der Waals surface area contributed by atoms with Crippen LogP contribution in [-0.4, -0.2) is 69.3 Å². The first kappa shape index (κ1) is 23.7. The SMILES string of the molecule is CC(C)c1noc(CN2CCN(CC(=O)N3N=C(c4ccc(Cl)cc4)CC3c3ccco3)CC2)n1. The molecule has 0 saturated carbocycles. The van der Waals surface area contributed by atoms with E-state index in [2.05, 4.69) is 19.9 Å². The second-order valence-electron chi connectivity index (χ2n) is 9.28. The van der Waals surface area contributed by atoms with E-state index in [0.717, 1.165) is 49.0 Å². The summed E-state index contributed by atoms with van der Waals surface area (Å²) in [5.41, 5.74) is 1.80. The molecule has 10 heteroatoms. The maximum Gasteiger partial charge on any atom is 0.257 e. The van der Waals surface area contributed by atoms with Gasteiger partial charge in [0.15, 0.2) is 5.82 Å². The first-order chi connectivity index (χ1) is 17.0. The lowest BCUT2D eigenvalue weighted by atomic mass is 10.0. The van der Waals surface area contributed by atoms with Gasteiger partial charge in [-0.1, -0.05) is 42.7 Å². The number of aromatic nitrogens is 2. The van der Waals surface area contributed by atoms with E-state index in [1.165, 1.54) is 0 Å². The van der Waals surface area contributed by atoms with Crippen molar-refractivity contribution in [3.05, 3.63) is 70.7 Å². The van der Waals surface area contributed by atoms with Crippen molar-refractivity contribution in [3.8, 4) is 0 Å². The van der Waals surface area contributed by atoms with Crippen LogP contribution < -0.4 is 0 Å². The van der Waals surface area contributed by atoms with Crippen LogP contribution in [0.15, 0.2) is 56.7 Å². The number of piperazine rings is 1. The number of carbonyl (C=O) groups excluding carboxylic acids is 1. The number of amides is 1. The molecule has 3 aromatic rings. The van der Waals surface area contributed by atoms with Gasteiger partial charge >= 0.3 is 0 Å². The Hall–Kier alpha value is -3.01. The number of hydrazone groups is 1. The molecule has 35 heavy (non-hydrogen) atoms. The highest BCUT2D eigenvalue weighted by molar-refractivity contribution is 6.30. The van der Waals surface area contributed by atoms with Gasteiger partial charge in [0.1, 0.15) is 11.8 Å². The summed E-state index contributed by atoms with van der Waals surface area (Å²) >= 11 is 6.04. The number of furan rings is 1. The quantitative estimate of drug-likeness (QED) is 0.489. The van der Waals surface area contributed by atoms with Gasteiger partial charge < -0.3 is 8.94 Å². The van der Waals surface area contributed by atoms with Crippen molar-refractivity contribution in [2.24, 2.45) is 5.10 Å². The Morgan fingerprint density at radius 1 is 1.11 bits per heavy atom. The lowest BCUT2D eigenvalue weighted by Crippen LogP contribution is -2.49. The molecule has 1 aromatic carbocycles. The summed E-state index contributed by atoms with van der Waals surface area (Å²) in [6.07, 6.45) is 2.22. The fraction of sp³-hybridized carbons (Fsp3) is 0.440. The largest absolute Gasteiger partial charge is 0.467 e.